The fourth-order valence-corrected chi connectivity index (χ4v) is 2.34. The van der Waals surface area contributed by atoms with Gasteiger partial charge in [0.2, 0.25) is 5.82 Å². The first kappa shape index (κ1) is 17.2. The van der Waals surface area contributed by atoms with Gasteiger partial charge in [-0.05, 0) is 42.2 Å². The zero-order valence-electron chi connectivity index (χ0n) is 13.6. The molecular formula is C20H22F2O. The van der Waals surface area contributed by atoms with Crippen molar-refractivity contribution in [2.75, 3.05) is 0 Å². The highest BCUT2D eigenvalue weighted by atomic mass is 19.2. The average Bonchev–Trinajstić information content (AvgIpc) is 2.57. The summed E-state index contributed by atoms with van der Waals surface area (Å²) in [7, 11) is 0. The van der Waals surface area contributed by atoms with E-state index >= 15 is 0 Å². The number of hydrogen-bond donors (Lipinski definition) is 0. The van der Waals surface area contributed by atoms with Crippen LogP contribution in [0.15, 0.2) is 48.7 Å². The van der Waals surface area contributed by atoms with Gasteiger partial charge in [0.05, 0.1) is 6.26 Å². The number of hydrogen-bond acceptors (Lipinski definition) is 1. The van der Waals surface area contributed by atoms with Crippen molar-refractivity contribution in [2.45, 2.75) is 39.5 Å². The summed E-state index contributed by atoms with van der Waals surface area (Å²) in [4.78, 5) is 0. The molecule has 0 aromatic heterocycles. The SMILES string of the molecule is CCCC=COc1ccc(-c2ccc(CCC)cc2)c(F)c1F. The van der Waals surface area contributed by atoms with E-state index in [-0.39, 0.29) is 11.3 Å². The highest BCUT2D eigenvalue weighted by molar-refractivity contribution is 5.65. The lowest BCUT2D eigenvalue weighted by molar-refractivity contribution is 0.414. The van der Waals surface area contributed by atoms with Crippen molar-refractivity contribution in [1.82, 2.24) is 0 Å². The van der Waals surface area contributed by atoms with Crippen molar-refractivity contribution in [3.05, 3.63) is 65.9 Å². The molecule has 2 aromatic rings. The monoisotopic (exact) mass is 316 g/mol. The van der Waals surface area contributed by atoms with Gasteiger partial charge >= 0.3 is 0 Å². The number of aryl methyl sites for hydroxylation is 1. The molecule has 0 bridgehead atoms. The van der Waals surface area contributed by atoms with Crippen LogP contribution in [-0.2, 0) is 6.42 Å². The molecule has 0 fully saturated rings. The minimum Gasteiger partial charge on any atom is -0.462 e. The van der Waals surface area contributed by atoms with Crippen LogP contribution in [0.5, 0.6) is 5.75 Å². The molecule has 0 saturated carbocycles. The third kappa shape index (κ3) is 4.41. The third-order valence-electron chi connectivity index (χ3n) is 3.60. The van der Waals surface area contributed by atoms with E-state index in [1.54, 1.807) is 12.1 Å². The number of halogens is 2. The number of ether oxygens (including phenoxy) is 1. The van der Waals surface area contributed by atoms with E-state index in [4.69, 9.17) is 4.74 Å². The summed E-state index contributed by atoms with van der Waals surface area (Å²) >= 11 is 0. The molecule has 23 heavy (non-hydrogen) atoms. The summed E-state index contributed by atoms with van der Waals surface area (Å²) in [5.41, 5.74) is 2.10. The molecule has 122 valence electrons. The van der Waals surface area contributed by atoms with Gasteiger partial charge in [-0.25, -0.2) is 4.39 Å². The Bertz CT molecular complexity index is 660. The molecule has 0 unspecified atom stereocenters. The fourth-order valence-electron chi connectivity index (χ4n) is 2.34. The van der Waals surface area contributed by atoms with Crippen LogP contribution in [0.25, 0.3) is 11.1 Å². The minimum atomic E-state index is -0.957. The van der Waals surface area contributed by atoms with E-state index in [0.29, 0.717) is 5.56 Å². The van der Waals surface area contributed by atoms with Crippen LogP contribution < -0.4 is 4.74 Å². The van der Waals surface area contributed by atoms with Gasteiger partial charge in [0.1, 0.15) is 0 Å². The summed E-state index contributed by atoms with van der Waals surface area (Å²) in [5.74, 6) is -1.93. The van der Waals surface area contributed by atoms with Gasteiger partial charge < -0.3 is 4.74 Å². The van der Waals surface area contributed by atoms with Gasteiger partial charge in [0.15, 0.2) is 11.6 Å². The van der Waals surface area contributed by atoms with Crippen LogP contribution in [0.2, 0.25) is 0 Å². The molecule has 0 atom stereocenters. The van der Waals surface area contributed by atoms with E-state index in [1.807, 2.05) is 31.2 Å². The molecule has 0 amide bonds. The van der Waals surface area contributed by atoms with Crippen molar-refractivity contribution in [3.8, 4) is 16.9 Å². The minimum absolute atomic E-state index is 0.0961. The molecule has 0 spiro atoms. The first-order chi connectivity index (χ1) is 11.2. The highest BCUT2D eigenvalue weighted by Crippen LogP contribution is 2.30. The molecule has 0 aliphatic rings. The van der Waals surface area contributed by atoms with Crippen molar-refractivity contribution < 1.29 is 13.5 Å². The van der Waals surface area contributed by atoms with E-state index in [2.05, 4.69) is 6.92 Å². The highest BCUT2D eigenvalue weighted by Gasteiger charge is 2.15. The molecule has 2 aromatic carbocycles. The first-order valence-electron chi connectivity index (χ1n) is 8.06. The smallest absolute Gasteiger partial charge is 0.201 e. The van der Waals surface area contributed by atoms with Crippen molar-refractivity contribution in [2.24, 2.45) is 0 Å². The average molecular weight is 316 g/mol. The molecule has 0 aliphatic carbocycles. The molecule has 0 radical (unpaired) electrons. The second-order valence-corrected chi connectivity index (χ2v) is 5.46. The first-order valence-corrected chi connectivity index (χ1v) is 8.06. The predicted molar refractivity (Wildman–Crippen MR) is 90.5 cm³/mol. The molecule has 2 rings (SSSR count). The Balaban J connectivity index is 2.22. The predicted octanol–water partition coefficient (Wildman–Crippen LogP) is 6.28. The van der Waals surface area contributed by atoms with Gasteiger partial charge in [-0.2, -0.15) is 4.39 Å². The van der Waals surface area contributed by atoms with Crippen molar-refractivity contribution in [1.29, 1.82) is 0 Å². The Kier molecular flexibility index (Phi) is 6.33. The Morgan fingerprint density at radius 2 is 1.65 bits per heavy atom. The van der Waals surface area contributed by atoms with Crippen LogP contribution in [0.3, 0.4) is 0 Å². The molecule has 0 saturated heterocycles. The van der Waals surface area contributed by atoms with E-state index in [1.165, 1.54) is 17.9 Å². The topological polar surface area (TPSA) is 9.23 Å². The number of unbranched alkanes of at least 4 members (excludes halogenated alkanes) is 1. The maximum absolute atomic E-state index is 14.3. The quantitative estimate of drug-likeness (QED) is 0.546. The van der Waals surface area contributed by atoms with E-state index in [9.17, 15) is 8.78 Å². The van der Waals surface area contributed by atoms with Gasteiger partial charge in [-0.3, -0.25) is 0 Å². The van der Waals surface area contributed by atoms with Crippen molar-refractivity contribution >= 4 is 0 Å². The number of rotatable bonds is 7. The van der Waals surface area contributed by atoms with Gasteiger partial charge in [-0.1, -0.05) is 51.0 Å². The summed E-state index contributed by atoms with van der Waals surface area (Å²) in [6, 6.07) is 10.6. The molecule has 0 N–H and O–H groups in total. The van der Waals surface area contributed by atoms with Crippen LogP contribution in [0.1, 0.15) is 38.7 Å². The number of benzene rings is 2. The fraction of sp³-hybridized carbons (Fsp3) is 0.300. The molecule has 1 nitrogen and oxygen atoms in total. The van der Waals surface area contributed by atoms with Crippen LogP contribution >= 0.6 is 0 Å². The normalized spacial score (nSPS) is 11.1. The molecule has 0 heterocycles. The van der Waals surface area contributed by atoms with Crippen LogP contribution in [0.4, 0.5) is 8.78 Å². The molecular weight excluding hydrogens is 294 g/mol. The lowest BCUT2D eigenvalue weighted by Crippen LogP contribution is -1.95. The van der Waals surface area contributed by atoms with E-state index < -0.39 is 11.6 Å². The van der Waals surface area contributed by atoms with E-state index in [0.717, 1.165) is 25.7 Å². The third-order valence-corrected chi connectivity index (χ3v) is 3.60. The lowest BCUT2D eigenvalue weighted by atomic mass is 10.0. The number of allylic oxidation sites excluding steroid dienone is 1. The maximum Gasteiger partial charge on any atom is 0.201 e. The van der Waals surface area contributed by atoms with Crippen LogP contribution in [-0.4, -0.2) is 0 Å². The summed E-state index contributed by atoms with van der Waals surface area (Å²) < 4.78 is 33.6. The summed E-state index contributed by atoms with van der Waals surface area (Å²) in [6.07, 6.45) is 7.04. The second kappa shape index (κ2) is 8.47. The zero-order chi connectivity index (χ0) is 16.7. The molecule has 0 aliphatic heterocycles. The van der Waals surface area contributed by atoms with Gasteiger partial charge in [-0.15, -0.1) is 0 Å². The Morgan fingerprint density at radius 3 is 2.30 bits per heavy atom. The largest absolute Gasteiger partial charge is 0.462 e. The Morgan fingerprint density at radius 1 is 0.913 bits per heavy atom. The van der Waals surface area contributed by atoms with Crippen LogP contribution in [0, 0.1) is 11.6 Å². The van der Waals surface area contributed by atoms with Gasteiger partial charge in [0.25, 0.3) is 0 Å². The summed E-state index contributed by atoms with van der Waals surface area (Å²) in [5, 5.41) is 0. The zero-order valence-corrected chi connectivity index (χ0v) is 13.6. The standard InChI is InChI=1S/C20H22F2O/c1-3-5-6-14-23-18-13-12-17(19(21)20(18)22)16-10-8-15(7-4-2)9-11-16/h6,8-14H,3-5,7H2,1-2H3. The second-order valence-electron chi connectivity index (χ2n) is 5.46. The lowest BCUT2D eigenvalue weighted by Gasteiger charge is -2.09. The Hall–Kier alpha value is -2.16. The molecule has 3 heteroatoms. The van der Waals surface area contributed by atoms with Gasteiger partial charge in [0, 0.05) is 5.56 Å². The maximum atomic E-state index is 14.3. The summed E-state index contributed by atoms with van der Waals surface area (Å²) in [6.45, 7) is 4.14. The Labute approximate surface area is 136 Å². The van der Waals surface area contributed by atoms with Crippen molar-refractivity contribution in [3.63, 3.8) is 0 Å².